The summed E-state index contributed by atoms with van der Waals surface area (Å²) < 4.78 is 0. The van der Waals surface area contributed by atoms with E-state index in [1.165, 1.54) is 0 Å². The summed E-state index contributed by atoms with van der Waals surface area (Å²) in [6, 6.07) is 0. The Morgan fingerprint density at radius 1 is 0.800 bits per heavy atom. The van der Waals surface area contributed by atoms with Gasteiger partial charge in [0.25, 0.3) is 0 Å². The summed E-state index contributed by atoms with van der Waals surface area (Å²) in [6.45, 7) is 0. The van der Waals surface area contributed by atoms with Crippen LogP contribution in [0.3, 0.4) is 0 Å². The molecule has 0 heterocycles. The van der Waals surface area contributed by atoms with E-state index in [-0.39, 0.29) is 18.1 Å². The molecule has 0 spiro atoms. The standard InChI is InChI=1S/C8H14O2/c9-6-3-1-5-2-4-7(10)8(5)6/h5-10H,1-4H2/t5?,6-,7-,8?/m0/s1. The van der Waals surface area contributed by atoms with Crippen LogP contribution in [-0.4, -0.2) is 22.4 Å². The van der Waals surface area contributed by atoms with Crippen LogP contribution >= 0.6 is 0 Å². The number of aliphatic hydroxyl groups excluding tert-OH is 2. The molecular formula is C8H14O2. The van der Waals surface area contributed by atoms with Gasteiger partial charge in [-0.15, -0.1) is 0 Å². The Labute approximate surface area is 60.9 Å². The van der Waals surface area contributed by atoms with Crippen molar-refractivity contribution in [3.63, 3.8) is 0 Å². The van der Waals surface area contributed by atoms with Crippen molar-refractivity contribution in [1.82, 2.24) is 0 Å². The molecule has 2 fully saturated rings. The lowest BCUT2D eigenvalue weighted by atomic mass is 9.98. The van der Waals surface area contributed by atoms with Crippen LogP contribution in [0.2, 0.25) is 0 Å². The highest BCUT2D eigenvalue weighted by atomic mass is 16.3. The number of hydrogen-bond acceptors (Lipinski definition) is 2. The lowest BCUT2D eigenvalue weighted by Crippen LogP contribution is -2.25. The van der Waals surface area contributed by atoms with Crippen molar-refractivity contribution < 1.29 is 10.2 Å². The smallest absolute Gasteiger partial charge is 0.0595 e. The molecular weight excluding hydrogens is 128 g/mol. The normalized spacial score (nSPS) is 53.4. The number of aliphatic hydroxyl groups is 2. The third-order valence-electron chi connectivity index (χ3n) is 3.10. The largest absolute Gasteiger partial charge is 0.393 e. The first-order valence-corrected chi connectivity index (χ1v) is 4.15. The lowest BCUT2D eigenvalue weighted by molar-refractivity contribution is 0.0402. The molecule has 0 saturated heterocycles. The first kappa shape index (κ1) is 6.62. The van der Waals surface area contributed by atoms with E-state index in [1.807, 2.05) is 0 Å². The van der Waals surface area contributed by atoms with Crippen LogP contribution in [-0.2, 0) is 0 Å². The first-order valence-electron chi connectivity index (χ1n) is 4.15. The van der Waals surface area contributed by atoms with Crippen molar-refractivity contribution in [1.29, 1.82) is 0 Å². The summed E-state index contributed by atoms with van der Waals surface area (Å²) >= 11 is 0. The maximum absolute atomic E-state index is 9.41. The average Bonchev–Trinajstić information content (AvgIpc) is 2.40. The maximum atomic E-state index is 9.41. The second kappa shape index (κ2) is 2.21. The van der Waals surface area contributed by atoms with Crippen molar-refractivity contribution in [2.45, 2.75) is 37.9 Å². The molecule has 2 rings (SSSR count). The van der Waals surface area contributed by atoms with Crippen LogP contribution in [0.1, 0.15) is 25.7 Å². The topological polar surface area (TPSA) is 40.5 Å². The highest BCUT2D eigenvalue weighted by molar-refractivity contribution is 4.94. The molecule has 0 aromatic carbocycles. The molecule has 58 valence electrons. The van der Waals surface area contributed by atoms with E-state index in [4.69, 9.17) is 0 Å². The fourth-order valence-electron chi connectivity index (χ4n) is 2.57. The lowest BCUT2D eigenvalue weighted by Gasteiger charge is -2.16. The Morgan fingerprint density at radius 2 is 1.30 bits per heavy atom. The fraction of sp³-hybridized carbons (Fsp3) is 1.00. The minimum absolute atomic E-state index is 0.206. The highest BCUT2D eigenvalue weighted by Crippen LogP contribution is 2.43. The van der Waals surface area contributed by atoms with Crippen molar-refractivity contribution in [2.75, 3.05) is 0 Å². The van der Waals surface area contributed by atoms with E-state index in [9.17, 15) is 10.2 Å². The monoisotopic (exact) mass is 142 g/mol. The summed E-state index contributed by atoms with van der Waals surface area (Å²) in [7, 11) is 0. The molecule has 2 aliphatic rings. The second-order valence-corrected chi connectivity index (χ2v) is 3.63. The maximum Gasteiger partial charge on any atom is 0.0595 e. The molecule has 0 aromatic rings. The molecule has 0 amide bonds. The number of rotatable bonds is 0. The quantitative estimate of drug-likeness (QED) is 0.518. The van der Waals surface area contributed by atoms with Crippen LogP contribution in [0.15, 0.2) is 0 Å². The Bertz CT molecular complexity index is 121. The van der Waals surface area contributed by atoms with Crippen LogP contribution in [0.25, 0.3) is 0 Å². The van der Waals surface area contributed by atoms with Crippen LogP contribution in [0.5, 0.6) is 0 Å². The van der Waals surface area contributed by atoms with E-state index in [1.54, 1.807) is 0 Å². The molecule has 2 heteroatoms. The molecule has 0 radical (unpaired) electrons. The summed E-state index contributed by atoms with van der Waals surface area (Å²) in [5.41, 5.74) is 0. The van der Waals surface area contributed by atoms with Crippen LogP contribution < -0.4 is 0 Å². The van der Waals surface area contributed by atoms with Gasteiger partial charge < -0.3 is 10.2 Å². The van der Waals surface area contributed by atoms with E-state index in [0.717, 1.165) is 25.7 Å². The van der Waals surface area contributed by atoms with Gasteiger partial charge in [-0.1, -0.05) is 0 Å². The van der Waals surface area contributed by atoms with Crippen molar-refractivity contribution >= 4 is 0 Å². The van der Waals surface area contributed by atoms with E-state index in [2.05, 4.69) is 0 Å². The molecule has 2 N–H and O–H groups in total. The zero-order chi connectivity index (χ0) is 7.14. The third-order valence-corrected chi connectivity index (χ3v) is 3.10. The number of hydrogen-bond donors (Lipinski definition) is 2. The Morgan fingerprint density at radius 3 is 1.70 bits per heavy atom. The Hall–Kier alpha value is -0.0800. The van der Waals surface area contributed by atoms with Gasteiger partial charge in [0.2, 0.25) is 0 Å². The van der Waals surface area contributed by atoms with Gasteiger partial charge in [0.05, 0.1) is 12.2 Å². The molecule has 10 heavy (non-hydrogen) atoms. The molecule has 0 aliphatic heterocycles. The molecule has 2 saturated carbocycles. The highest BCUT2D eigenvalue weighted by Gasteiger charge is 2.43. The van der Waals surface area contributed by atoms with Gasteiger partial charge in [-0.2, -0.15) is 0 Å². The zero-order valence-electron chi connectivity index (χ0n) is 6.03. The van der Waals surface area contributed by atoms with Gasteiger partial charge in [0.15, 0.2) is 0 Å². The summed E-state index contributed by atoms with van der Waals surface area (Å²) in [4.78, 5) is 0. The molecule has 0 unspecified atom stereocenters. The molecule has 0 bridgehead atoms. The van der Waals surface area contributed by atoms with Gasteiger partial charge in [-0.05, 0) is 31.6 Å². The zero-order valence-corrected chi connectivity index (χ0v) is 6.03. The van der Waals surface area contributed by atoms with Crippen molar-refractivity contribution in [3.05, 3.63) is 0 Å². The predicted octanol–water partition coefficient (Wildman–Crippen LogP) is 0.528. The molecule has 2 aliphatic carbocycles. The van der Waals surface area contributed by atoms with Gasteiger partial charge in [0.1, 0.15) is 0 Å². The van der Waals surface area contributed by atoms with E-state index in [0.29, 0.717) is 5.92 Å². The number of fused-ring (bicyclic) bond motifs is 1. The Balaban J connectivity index is 2.11. The van der Waals surface area contributed by atoms with Gasteiger partial charge in [-0.3, -0.25) is 0 Å². The minimum Gasteiger partial charge on any atom is -0.393 e. The minimum atomic E-state index is -0.206. The van der Waals surface area contributed by atoms with Gasteiger partial charge >= 0.3 is 0 Å². The predicted molar refractivity (Wildman–Crippen MR) is 37.5 cm³/mol. The third kappa shape index (κ3) is 0.789. The van der Waals surface area contributed by atoms with E-state index >= 15 is 0 Å². The fourth-order valence-corrected chi connectivity index (χ4v) is 2.57. The van der Waals surface area contributed by atoms with Crippen LogP contribution in [0.4, 0.5) is 0 Å². The molecule has 2 nitrogen and oxygen atoms in total. The molecule has 0 aromatic heterocycles. The molecule has 2 atom stereocenters. The SMILES string of the molecule is O[C@H]1CCC2CC[C@H](O)C21. The van der Waals surface area contributed by atoms with Gasteiger partial charge in [-0.25, -0.2) is 0 Å². The average molecular weight is 142 g/mol. The first-order chi connectivity index (χ1) is 4.79. The Kier molecular flexibility index (Phi) is 1.46. The van der Waals surface area contributed by atoms with Crippen molar-refractivity contribution in [3.8, 4) is 0 Å². The van der Waals surface area contributed by atoms with Crippen molar-refractivity contribution in [2.24, 2.45) is 11.8 Å². The van der Waals surface area contributed by atoms with E-state index < -0.39 is 0 Å². The van der Waals surface area contributed by atoms with Crippen LogP contribution in [0, 0.1) is 11.8 Å². The second-order valence-electron chi connectivity index (χ2n) is 3.63. The summed E-state index contributed by atoms with van der Waals surface area (Å²) in [5.74, 6) is 0.852. The summed E-state index contributed by atoms with van der Waals surface area (Å²) in [6.07, 6.45) is 3.66. The summed E-state index contributed by atoms with van der Waals surface area (Å²) in [5, 5.41) is 18.8. The van der Waals surface area contributed by atoms with Gasteiger partial charge in [0, 0.05) is 5.92 Å².